The van der Waals surface area contributed by atoms with Gasteiger partial charge in [-0.15, -0.1) is 0 Å². The number of ether oxygens (including phenoxy) is 1. The van der Waals surface area contributed by atoms with Crippen molar-refractivity contribution >= 4 is 11.5 Å². The van der Waals surface area contributed by atoms with E-state index in [2.05, 4.69) is 34.9 Å². The van der Waals surface area contributed by atoms with Crippen molar-refractivity contribution in [3.8, 4) is 5.88 Å². The van der Waals surface area contributed by atoms with Gasteiger partial charge in [0.05, 0.1) is 18.3 Å². The zero-order valence-electron chi connectivity index (χ0n) is 20.5. The maximum Gasteiger partial charge on any atom is 0.259 e. The maximum atomic E-state index is 13.6. The molecule has 0 aromatic carbocycles. The maximum absolute atomic E-state index is 13.6. The van der Waals surface area contributed by atoms with E-state index in [0.29, 0.717) is 31.1 Å². The number of aliphatic hydroxyl groups is 1. The highest BCUT2D eigenvalue weighted by atomic mass is 16.5. The van der Waals surface area contributed by atoms with E-state index in [1.165, 1.54) is 12.0 Å². The fraction of sp³-hybridized carbons (Fsp3) is 0.519. The topological polar surface area (TPSA) is 78.8 Å². The fourth-order valence-corrected chi connectivity index (χ4v) is 4.74. The zero-order chi connectivity index (χ0) is 24.1. The number of amides is 1. The quantitative estimate of drug-likeness (QED) is 0.672. The summed E-state index contributed by atoms with van der Waals surface area (Å²) in [6.07, 6.45) is 10.2. The fourth-order valence-electron chi connectivity index (χ4n) is 4.74. The highest BCUT2D eigenvalue weighted by molar-refractivity contribution is 5.97. The minimum Gasteiger partial charge on any atom is -0.472 e. The van der Waals surface area contributed by atoms with Gasteiger partial charge in [-0.1, -0.05) is 19.1 Å². The summed E-state index contributed by atoms with van der Waals surface area (Å²) in [5.41, 5.74) is 3.72. The standard InChI is InChI=1S/C27H36N4O3/c1-19-15-31(20(2)18-32)27(33)24-13-22(21-9-5-4-6-10-21)14-29-26(24)34-25(19)17-30(3)16-23-11-7-8-12-28-23/h7-9,11-14,19-20,25,32H,4-6,10,15-18H2,1-3H3/t19-,20+,25+/m0/s1. The molecule has 0 spiro atoms. The number of hydrogen-bond donors (Lipinski definition) is 1. The number of hydrogen-bond acceptors (Lipinski definition) is 6. The van der Waals surface area contributed by atoms with E-state index < -0.39 is 0 Å². The predicted octanol–water partition coefficient (Wildman–Crippen LogP) is 3.79. The number of carbonyl (C=O) groups excluding carboxylic acids is 1. The molecule has 7 heteroatoms. The predicted molar refractivity (Wildman–Crippen MR) is 132 cm³/mol. The molecule has 2 aliphatic rings. The highest BCUT2D eigenvalue weighted by Crippen LogP contribution is 2.32. The SMILES string of the molecule is C[C@H](CO)N1C[C@H](C)[C@@H](CN(C)Cc2ccccn2)Oc2ncc(C3=CCCCC3)cc2C1=O. The third-order valence-electron chi connectivity index (χ3n) is 6.83. The van der Waals surface area contributed by atoms with E-state index in [4.69, 9.17) is 4.74 Å². The zero-order valence-corrected chi connectivity index (χ0v) is 20.5. The van der Waals surface area contributed by atoms with Crippen LogP contribution in [0.1, 0.15) is 61.1 Å². The number of rotatable bonds is 7. The summed E-state index contributed by atoms with van der Waals surface area (Å²) in [6.45, 7) is 5.77. The van der Waals surface area contributed by atoms with Crippen LogP contribution in [-0.2, 0) is 6.54 Å². The molecule has 1 aliphatic carbocycles. The molecular formula is C27H36N4O3. The minimum absolute atomic E-state index is 0.0554. The summed E-state index contributed by atoms with van der Waals surface area (Å²) in [5.74, 6) is 0.303. The largest absolute Gasteiger partial charge is 0.472 e. The van der Waals surface area contributed by atoms with Gasteiger partial charge < -0.3 is 14.7 Å². The molecule has 3 atom stereocenters. The van der Waals surface area contributed by atoms with E-state index in [-0.39, 0.29) is 30.6 Å². The lowest BCUT2D eigenvalue weighted by Crippen LogP contribution is -2.49. The first-order chi connectivity index (χ1) is 16.5. The molecule has 1 aliphatic heterocycles. The van der Waals surface area contributed by atoms with Gasteiger partial charge in [-0.2, -0.15) is 0 Å². The average molecular weight is 465 g/mol. The Morgan fingerprint density at radius 1 is 1.29 bits per heavy atom. The normalized spacial score (nSPS) is 21.9. The Morgan fingerprint density at radius 3 is 2.85 bits per heavy atom. The first-order valence-electron chi connectivity index (χ1n) is 12.3. The summed E-state index contributed by atoms with van der Waals surface area (Å²) in [4.78, 5) is 26.6. The van der Waals surface area contributed by atoms with Gasteiger partial charge >= 0.3 is 0 Å². The van der Waals surface area contributed by atoms with Gasteiger partial charge in [0.1, 0.15) is 11.7 Å². The van der Waals surface area contributed by atoms with E-state index in [1.807, 2.05) is 37.4 Å². The lowest BCUT2D eigenvalue weighted by Gasteiger charge is -2.37. The third kappa shape index (κ3) is 5.65. The van der Waals surface area contributed by atoms with Gasteiger partial charge in [0.2, 0.25) is 5.88 Å². The Labute approximate surface area is 202 Å². The van der Waals surface area contributed by atoms with Gasteiger partial charge in [-0.25, -0.2) is 4.98 Å². The molecule has 0 saturated heterocycles. The van der Waals surface area contributed by atoms with E-state index in [0.717, 1.165) is 30.5 Å². The van der Waals surface area contributed by atoms with Crippen molar-refractivity contribution in [3.05, 3.63) is 59.6 Å². The summed E-state index contributed by atoms with van der Waals surface area (Å²) in [6, 6.07) is 7.57. The second-order valence-corrected chi connectivity index (χ2v) is 9.69. The number of pyridine rings is 2. The Hall–Kier alpha value is -2.77. The lowest BCUT2D eigenvalue weighted by atomic mass is 9.93. The van der Waals surface area contributed by atoms with Gasteiger partial charge in [0.25, 0.3) is 5.91 Å². The van der Waals surface area contributed by atoms with Gasteiger partial charge in [-0.05, 0) is 69.0 Å². The second kappa shape index (κ2) is 11.1. The molecule has 4 rings (SSSR count). The smallest absolute Gasteiger partial charge is 0.259 e. The van der Waals surface area contributed by atoms with E-state index in [1.54, 1.807) is 11.1 Å². The molecule has 0 fully saturated rings. The molecule has 1 N–H and O–H groups in total. The van der Waals surface area contributed by atoms with Gasteiger partial charge in [-0.3, -0.25) is 14.7 Å². The van der Waals surface area contributed by atoms with Crippen LogP contribution in [0.5, 0.6) is 5.88 Å². The summed E-state index contributed by atoms with van der Waals surface area (Å²) < 4.78 is 6.43. The summed E-state index contributed by atoms with van der Waals surface area (Å²) in [5, 5.41) is 9.87. The molecule has 0 bridgehead atoms. The Kier molecular flexibility index (Phi) is 7.95. The molecule has 0 saturated carbocycles. The molecule has 2 aromatic heterocycles. The number of fused-ring (bicyclic) bond motifs is 1. The van der Waals surface area contributed by atoms with Crippen LogP contribution in [0.2, 0.25) is 0 Å². The molecule has 34 heavy (non-hydrogen) atoms. The lowest BCUT2D eigenvalue weighted by molar-refractivity contribution is 0.0324. The Bertz CT molecular complexity index is 1010. The first kappa shape index (κ1) is 24.4. The molecular weight excluding hydrogens is 428 g/mol. The van der Waals surface area contributed by atoms with Crippen molar-refractivity contribution in [3.63, 3.8) is 0 Å². The summed E-state index contributed by atoms with van der Waals surface area (Å²) >= 11 is 0. The number of aliphatic hydroxyl groups excluding tert-OH is 1. The Morgan fingerprint density at radius 2 is 2.15 bits per heavy atom. The molecule has 2 aromatic rings. The number of aromatic nitrogens is 2. The molecule has 7 nitrogen and oxygen atoms in total. The number of carbonyl (C=O) groups is 1. The number of allylic oxidation sites excluding steroid dienone is 2. The van der Waals surface area contributed by atoms with Crippen molar-refractivity contribution in [1.82, 2.24) is 19.8 Å². The van der Waals surface area contributed by atoms with E-state index in [9.17, 15) is 9.90 Å². The third-order valence-corrected chi connectivity index (χ3v) is 6.83. The first-order valence-corrected chi connectivity index (χ1v) is 12.3. The van der Waals surface area contributed by atoms with Crippen LogP contribution < -0.4 is 4.74 Å². The molecule has 3 heterocycles. The van der Waals surface area contributed by atoms with Crippen LogP contribution >= 0.6 is 0 Å². The number of likely N-dealkylation sites (N-methyl/N-ethyl adjacent to an activating group) is 1. The van der Waals surface area contributed by atoms with Crippen molar-refractivity contribution in [2.45, 2.75) is 58.2 Å². The summed E-state index contributed by atoms with van der Waals surface area (Å²) in [7, 11) is 2.05. The van der Waals surface area contributed by atoms with Crippen molar-refractivity contribution in [2.75, 3.05) is 26.7 Å². The molecule has 182 valence electrons. The van der Waals surface area contributed by atoms with Crippen LogP contribution in [-0.4, -0.2) is 69.7 Å². The number of nitrogens with zero attached hydrogens (tertiary/aromatic N) is 4. The van der Waals surface area contributed by atoms with Gasteiger partial charge in [0, 0.05) is 37.9 Å². The van der Waals surface area contributed by atoms with Crippen LogP contribution in [0.4, 0.5) is 0 Å². The van der Waals surface area contributed by atoms with Crippen molar-refractivity contribution in [1.29, 1.82) is 0 Å². The molecule has 0 radical (unpaired) electrons. The minimum atomic E-state index is -0.287. The molecule has 1 amide bonds. The molecule has 0 unspecified atom stereocenters. The van der Waals surface area contributed by atoms with Crippen LogP contribution in [0.15, 0.2) is 42.7 Å². The van der Waals surface area contributed by atoms with Gasteiger partial charge in [0.15, 0.2) is 0 Å². The van der Waals surface area contributed by atoms with Crippen LogP contribution in [0.3, 0.4) is 0 Å². The van der Waals surface area contributed by atoms with Crippen LogP contribution in [0, 0.1) is 5.92 Å². The monoisotopic (exact) mass is 464 g/mol. The average Bonchev–Trinajstić information content (AvgIpc) is 2.86. The van der Waals surface area contributed by atoms with Crippen molar-refractivity contribution in [2.24, 2.45) is 5.92 Å². The second-order valence-electron chi connectivity index (χ2n) is 9.69. The Balaban J connectivity index is 1.63. The van der Waals surface area contributed by atoms with E-state index >= 15 is 0 Å². The highest BCUT2D eigenvalue weighted by Gasteiger charge is 2.34. The van der Waals surface area contributed by atoms with Crippen LogP contribution in [0.25, 0.3) is 5.57 Å². The van der Waals surface area contributed by atoms with Crippen molar-refractivity contribution < 1.29 is 14.6 Å².